The van der Waals surface area contributed by atoms with Gasteiger partial charge in [0, 0.05) is 24.2 Å². The number of hydrogen-bond donors (Lipinski definition) is 1. The van der Waals surface area contributed by atoms with Crippen LogP contribution in [0.3, 0.4) is 0 Å². The van der Waals surface area contributed by atoms with Crippen molar-refractivity contribution in [1.29, 1.82) is 0 Å². The molecule has 0 amide bonds. The van der Waals surface area contributed by atoms with Crippen LogP contribution in [0.15, 0.2) is 29.1 Å². The van der Waals surface area contributed by atoms with Gasteiger partial charge in [-0.3, -0.25) is 14.3 Å². The van der Waals surface area contributed by atoms with Gasteiger partial charge in [-0.05, 0) is 87.2 Å². The minimum Gasteiger partial charge on any atom is -0.475 e. The third kappa shape index (κ3) is 2.71. The van der Waals surface area contributed by atoms with Gasteiger partial charge in [-0.25, -0.2) is 9.78 Å². The van der Waals surface area contributed by atoms with Gasteiger partial charge in [0.1, 0.15) is 0 Å². The van der Waals surface area contributed by atoms with Crippen LogP contribution in [0.1, 0.15) is 80.9 Å². The molecule has 6 nitrogen and oxygen atoms in total. The zero-order valence-electron chi connectivity index (χ0n) is 18.4. The zero-order chi connectivity index (χ0) is 21.6. The Labute approximate surface area is 187 Å². The van der Waals surface area contributed by atoms with Gasteiger partial charge in [-0.1, -0.05) is 18.6 Å². The van der Waals surface area contributed by atoms with E-state index in [2.05, 4.69) is 9.88 Å². The molecule has 32 heavy (non-hydrogen) atoms. The minimum absolute atomic E-state index is 0.0793. The Hall–Kier alpha value is -2.21. The first kappa shape index (κ1) is 19.3. The number of hydrogen-bond acceptors (Lipinski definition) is 4. The van der Waals surface area contributed by atoms with Crippen LogP contribution in [0.2, 0.25) is 0 Å². The Morgan fingerprint density at radius 2 is 1.75 bits per heavy atom. The molecule has 6 atom stereocenters. The van der Waals surface area contributed by atoms with E-state index < -0.39 is 5.97 Å². The summed E-state index contributed by atoms with van der Waals surface area (Å²) in [5.74, 6) is 0.732. The van der Waals surface area contributed by atoms with E-state index in [1.54, 1.807) is 18.2 Å². The van der Waals surface area contributed by atoms with Gasteiger partial charge in [-0.15, -0.1) is 0 Å². The van der Waals surface area contributed by atoms with Gasteiger partial charge in [0.05, 0.1) is 10.9 Å². The third-order valence-electron chi connectivity index (χ3n) is 9.71. The third-order valence-corrected chi connectivity index (χ3v) is 9.71. The molecule has 5 fully saturated rings. The maximum absolute atomic E-state index is 13.4. The lowest BCUT2D eigenvalue weighted by Gasteiger charge is -2.54. The van der Waals surface area contributed by atoms with Crippen molar-refractivity contribution in [3.63, 3.8) is 0 Å². The zero-order valence-corrected chi connectivity index (χ0v) is 18.4. The fourth-order valence-corrected chi connectivity index (χ4v) is 8.58. The van der Waals surface area contributed by atoms with Gasteiger partial charge >= 0.3 is 5.97 Å². The molecule has 6 heteroatoms. The second-order valence-electron chi connectivity index (χ2n) is 11.4. The van der Waals surface area contributed by atoms with E-state index >= 15 is 0 Å². The fourth-order valence-electron chi connectivity index (χ4n) is 8.58. The predicted molar refractivity (Wildman–Crippen MR) is 121 cm³/mol. The summed E-state index contributed by atoms with van der Waals surface area (Å²) in [5.41, 5.74) is 0.952. The molecule has 1 spiro atoms. The van der Waals surface area contributed by atoms with Crippen molar-refractivity contribution in [3.05, 3.63) is 40.4 Å². The van der Waals surface area contributed by atoms with Gasteiger partial charge in [0.15, 0.2) is 0 Å². The van der Waals surface area contributed by atoms with Crippen LogP contribution < -0.4 is 5.56 Å². The lowest BCUT2D eigenvalue weighted by atomic mass is 9.74. The molecule has 2 aromatic rings. The van der Waals surface area contributed by atoms with E-state index in [0.717, 1.165) is 24.7 Å². The molecule has 4 bridgehead atoms. The molecule has 6 unspecified atom stereocenters. The van der Waals surface area contributed by atoms with Crippen molar-refractivity contribution in [1.82, 2.24) is 14.5 Å². The molecular weight excluding hydrogens is 402 g/mol. The monoisotopic (exact) mass is 433 g/mol. The molecule has 1 aromatic heterocycles. The molecule has 7 rings (SSSR count). The molecule has 1 aromatic carbocycles. The smallest absolute Gasteiger partial charge is 0.372 e. The highest BCUT2D eigenvalue weighted by atomic mass is 16.4. The number of nitrogens with zero attached hydrogens (tertiary/aromatic N) is 3. The van der Waals surface area contributed by atoms with E-state index in [4.69, 9.17) is 0 Å². The van der Waals surface area contributed by atoms with Crippen LogP contribution in [-0.4, -0.2) is 43.7 Å². The van der Waals surface area contributed by atoms with Gasteiger partial charge in [0.25, 0.3) is 5.56 Å². The molecule has 2 aliphatic heterocycles. The molecular formula is C26H31N3O3. The Balaban J connectivity index is 1.24. The Bertz CT molecular complexity index is 1160. The number of carboxylic acid groups (broad SMARTS) is 1. The molecule has 1 N–H and O–H groups in total. The molecule has 3 heterocycles. The number of piperidine rings is 2. The average Bonchev–Trinajstić information content (AvgIpc) is 3.33. The van der Waals surface area contributed by atoms with Crippen LogP contribution in [-0.2, 0) is 0 Å². The highest BCUT2D eigenvalue weighted by Crippen LogP contribution is 2.71. The normalized spacial score (nSPS) is 40.2. The second-order valence-corrected chi connectivity index (χ2v) is 11.4. The number of fused-ring (bicyclic) bond motifs is 4. The highest BCUT2D eigenvalue weighted by molar-refractivity contribution is 5.87. The van der Waals surface area contributed by atoms with Crippen molar-refractivity contribution in [3.8, 4) is 0 Å². The SMILES string of the molecule is O=C(O)c1nc2ccccc2c(=O)n1C1CC2CCCC(C1)N2C1CC2CC3CC3(C2)C1. The summed E-state index contributed by atoms with van der Waals surface area (Å²) in [6, 6.07) is 8.67. The quantitative estimate of drug-likeness (QED) is 0.784. The maximum Gasteiger partial charge on any atom is 0.372 e. The fraction of sp³-hybridized carbons (Fsp3) is 0.654. The molecule has 2 saturated heterocycles. The number of carboxylic acids is 1. The first-order valence-corrected chi connectivity index (χ1v) is 12.5. The second kappa shape index (κ2) is 6.66. The van der Waals surface area contributed by atoms with Gasteiger partial charge in [-0.2, -0.15) is 0 Å². The van der Waals surface area contributed by atoms with Crippen LogP contribution in [0.25, 0.3) is 10.9 Å². The summed E-state index contributed by atoms with van der Waals surface area (Å²) >= 11 is 0. The lowest BCUT2D eigenvalue weighted by molar-refractivity contribution is -0.0416. The Morgan fingerprint density at radius 3 is 2.50 bits per heavy atom. The standard InChI is InChI=1S/C26H31N3O3/c30-24-21-6-1-2-7-22(21)27-23(25(31)32)29(24)19-10-17-4-3-5-18(11-19)28(17)20-9-15-8-16-13-26(16,12-15)14-20/h1-2,6-7,15-20H,3-5,8-14H2,(H,31,32). The number of aromatic nitrogens is 2. The summed E-state index contributed by atoms with van der Waals surface area (Å²) < 4.78 is 1.54. The van der Waals surface area contributed by atoms with Gasteiger partial charge < -0.3 is 5.11 Å². The predicted octanol–water partition coefficient (Wildman–Crippen LogP) is 4.23. The number of para-hydroxylation sites is 1. The highest BCUT2D eigenvalue weighted by Gasteiger charge is 2.64. The maximum atomic E-state index is 13.4. The van der Waals surface area contributed by atoms with Crippen LogP contribution >= 0.6 is 0 Å². The molecule has 3 aliphatic carbocycles. The summed E-state index contributed by atoms with van der Waals surface area (Å²) in [6.07, 6.45) is 12.5. The van der Waals surface area contributed by atoms with Crippen LogP contribution in [0.5, 0.6) is 0 Å². The number of rotatable bonds is 3. The number of benzene rings is 1. The number of carbonyl (C=O) groups is 1. The van der Waals surface area contributed by atoms with Crippen LogP contribution in [0, 0.1) is 17.3 Å². The van der Waals surface area contributed by atoms with Crippen LogP contribution in [0.4, 0.5) is 0 Å². The van der Waals surface area contributed by atoms with Crippen molar-refractivity contribution in [2.24, 2.45) is 17.3 Å². The van der Waals surface area contributed by atoms with E-state index in [9.17, 15) is 14.7 Å². The lowest BCUT2D eigenvalue weighted by Crippen LogP contribution is -2.58. The summed E-state index contributed by atoms with van der Waals surface area (Å²) in [4.78, 5) is 32.8. The number of aromatic carboxylic acids is 1. The Morgan fingerprint density at radius 1 is 0.969 bits per heavy atom. The van der Waals surface area contributed by atoms with E-state index in [-0.39, 0.29) is 17.4 Å². The average molecular weight is 434 g/mol. The van der Waals surface area contributed by atoms with E-state index in [0.29, 0.717) is 34.4 Å². The molecule has 168 valence electrons. The van der Waals surface area contributed by atoms with Crippen molar-refractivity contribution < 1.29 is 9.90 Å². The summed E-state index contributed by atoms with van der Waals surface area (Å²) in [6.45, 7) is 0. The first-order chi connectivity index (χ1) is 15.5. The summed E-state index contributed by atoms with van der Waals surface area (Å²) in [7, 11) is 0. The molecule has 3 saturated carbocycles. The summed E-state index contributed by atoms with van der Waals surface area (Å²) in [5, 5.41) is 10.4. The first-order valence-electron chi connectivity index (χ1n) is 12.5. The largest absolute Gasteiger partial charge is 0.475 e. The minimum atomic E-state index is -1.11. The van der Waals surface area contributed by atoms with Crippen molar-refractivity contribution in [2.75, 3.05) is 0 Å². The molecule has 0 radical (unpaired) electrons. The topological polar surface area (TPSA) is 75.4 Å². The van der Waals surface area contributed by atoms with Crippen molar-refractivity contribution >= 4 is 16.9 Å². The Kier molecular flexibility index (Phi) is 4.01. The van der Waals surface area contributed by atoms with E-state index in [1.807, 2.05) is 6.07 Å². The van der Waals surface area contributed by atoms with Gasteiger partial charge in [0.2, 0.25) is 5.82 Å². The van der Waals surface area contributed by atoms with E-state index in [1.165, 1.54) is 55.9 Å². The molecule has 5 aliphatic rings. The van der Waals surface area contributed by atoms with Crippen molar-refractivity contribution in [2.45, 2.75) is 88.4 Å².